The van der Waals surface area contributed by atoms with Gasteiger partial charge in [-0.15, -0.1) is 0 Å². The summed E-state index contributed by atoms with van der Waals surface area (Å²) in [5.74, 6) is 1.74. The third-order valence-electron chi connectivity index (χ3n) is 5.39. The van der Waals surface area contributed by atoms with E-state index in [0.717, 1.165) is 42.1 Å². The van der Waals surface area contributed by atoms with Crippen molar-refractivity contribution < 1.29 is 5.11 Å². The standard InChI is InChI=1S/C21H24ClN3OS/c1-21(2,26)14-7-5-13(6-8-14)18-19(16-4-3-11-23-20(16)25-18)27-17-10-9-15(22)12-24-17/h3,7,9-13,16,26H,4-6,8H2,1-2H3,(H,23,25). The van der Waals surface area contributed by atoms with Crippen LogP contribution in [-0.4, -0.2) is 21.5 Å². The first-order valence-electron chi connectivity index (χ1n) is 9.37. The van der Waals surface area contributed by atoms with Crippen LogP contribution in [0.3, 0.4) is 0 Å². The number of nitrogens with zero attached hydrogens (tertiary/aromatic N) is 2. The quantitative estimate of drug-likeness (QED) is 0.691. The number of nitrogens with one attached hydrogen (secondary N) is 1. The third kappa shape index (κ3) is 4.00. The van der Waals surface area contributed by atoms with Crippen LogP contribution in [-0.2, 0) is 0 Å². The Bertz CT molecular complexity index is 849. The maximum absolute atomic E-state index is 10.3. The largest absolute Gasteiger partial charge is 0.386 e. The lowest BCUT2D eigenvalue weighted by atomic mass is 9.81. The molecule has 1 aliphatic carbocycles. The third-order valence-corrected chi connectivity index (χ3v) is 6.78. The number of pyridine rings is 1. The number of allylic oxidation sites excluding steroid dienone is 3. The van der Waals surface area contributed by atoms with E-state index in [1.807, 2.05) is 32.2 Å². The summed E-state index contributed by atoms with van der Waals surface area (Å²) in [6.45, 7) is 3.74. The topological polar surface area (TPSA) is 57.5 Å². The summed E-state index contributed by atoms with van der Waals surface area (Å²) in [6.07, 6.45) is 11.8. The van der Waals surface area contributed by atoms with Gasteiger partial charge in [0.25, 0.3) is 0 Å². The summed E-state index contributed by atoms with van der Waals surface area (Å²) >= 11 is 7.70. The zero-order chi connectivity index (χ0) is 19.0. The fraction of sp³-hybridized carbons (Fsp3) is 0.429. The zero-order valence-corrected chi connectivity index (χ0v) is 17.1. The van der Waals surface area contributed by atoms with Crippen molar-refractivity contribution in [3.63, 3.8) is 0 Å². The lowest BCUT2D eigenvalue weighted by Gasteiger charge is -2.29. The molecule has 27 heavy (non-hydrogen) atoms. The Morgan fingerprint density at radius 2 is 2.15 bits per heavy atom. The van der Waals surface area contributed by atoms with Crippen LogP contribution in [0.25, 0.3) is 0 Å². The van der Waals surface area contributed by atoms with Crippen molar-refractivity contribution in [2.75, 3.05) is 0 Å². The molecule has 2 atom stereocenters. The van der Waals surface area contributed by atoms with E-state index in [2.05, 4.69) is 27.4 Å². The molecule has 0 aromatic carbocycles. The molecule has 1 aromatic heterocycles. The number of amidine groups is 1. The minimum atomic E-state index is -0.727. The van der Waals surface area contributed by atoms with Gasteiger partial charge in [-0.25, -0.2) is 9.98 Å². The van der Waals surface area contributed by atoms with Gasteiger partial charge >= 0.3 is 0 Å². The van der Waals surface area contributed by atoms with Crippen LogP contribution in [0.1, 0.15) is 39.5 Å². The van der Waals surface area contributed by atoms with Gasteiger partial charge in [-0.05, 0) is 57.2 Å². The van der Waals surface area contributed by atoms with E-state index in [0.29, 0.717) is 10.9 Å². The van der Waals surface area contributed by atoms with Crippen LogP contribution in [0.5, 0.6) is 0 Å². The average molecular weight is 402 g/mol. The molecule has 2 aliphatic heterocycles. The molecule has 0 spiro atoms. The second-order valence-electron chi connectivity index (χ2n) is 7.77. The van der Waals surface area contributed by atoms with Crippen LogP contribution in [0.15, 0.2) is 62.9 Å². The molecule has 6 heteroatoms. The highest BCUT2D eigenvalue weighted by Gasteiger charge is 2.36. The van der Waals surface area contributed by atoms with E-state index in [4.69, 9.17) is 11.6 Å². The Hall–Kier alpha value is -1.56. The molecule has 0 amide bonds. The van der Waals surface area contributed by atoms with Crippen molar-refractivity contribution in [2.24, 2.45) is 16.8 Å². The number of fused-ring (bicyclic) bond motifs is 1. The number of hydrogen-bond donors (Lipinski definition) is 2. The number of hydrogen-bond acceptors (Lipinski definition) is 5. The highest BCUT2D eigenvalue weighted by molar-refractivity contribution is 8.03. The van der Waals surface area contributed by atoms with Crippen molar-refractivity contribution in [2.45, 2.75) is 50.2 Å². The summed E-state index contributed by atoms with van der Waals surface area (Å²) < 4.78 is 0. The molecule has 2 N–H and O–H groups in total. The number of aromatic nitrogens is 1. The SMILES string of the molecule is CC(C)(O)C1=CCC(C2=C(Sc3ccc(Cl)cn3)C3CC=CN=C3N2)CC1. The minimum Gasteiger partial charge on any atom is -0.386 e. The molecule has 0 fully saturated rings. The van der Waals surface area contributed by atoms with Gasteiger partial charge in [0.2, 0.25) is 0 Å². The molecule has 142 valence electrons. The molecular formula is C21H24ClN3OS. The molecule has 0 saturated carbocycles. The van der Waals surface area contributed by atoms with Crippen LogP contribution >= 0.6 is 23.4 Å². The average Bonchev–Trinajstić information content (AvgIpc) is 3.02. The van der Waals surface area contributed by atoms with Crippen molar-refractivity contribution in [1.29, 1.82) is 0 Å². The molecule has 4 rings (SSSR count). The second kappa shape index (κ2) is 7.46. The van der Waals surface area contributed by atoms with Crippen LogP contribution in [0.2, 0.25) is 5.02 Å². The summed E-state index contributed by atoms with van der Waals surface area (Å²) in [7, 11) is 0. The van der Waals surface area contributed by atoms with Gasteiger partial charge in [-0.3, -0.25) is 0 Å². The molecule has 4 nitrogen and oxygen atoms in total. The summed E-state index contributed by atoms with van der Waals surface area (Å²) in [5.41, 5.74) is 1.69. The molecule has 0 bridgehead atoms. The first-order chi connectivity index (χ1) is 12.9. The Morgan fingerprint density at radius 1 is 1.30 bits per heavy atom. The van der Waals surface area contributed by atoms with Gasteiger partial charge in [0, 0.05) is 28.9 Å². The summed E-state index contributed by atoms with van der Waals surface area (Å²) in [4.78, 5) is 10.4. The monoisotopic (exact) mass is 401 g/mol. The lowest BCUT2D eigenvalue weighted by molar-refractivity contribution is 0.112. The van der Waals surface area contributed by atoms with E-state index >= 15 is 0 Å². The molecule has 0 radical (unpaired) electrons. The number of halogens is 1. The number of aliphatic hydroxyl groups is 1. The number of rotatable bonds is 4. The van der Waals surface area contributed by atoms with Gasteiger partial charge in [0.15, 0.2) is 0 Å². The Balaban J connectivity index is 1.62. The highest BCUT2D eigenvalue weighted by Crippen LogP contribution is 2.45. The van der Waals surface area contributed by atoms with Crippen molar-refractivity contribution >= 4 is 29.2 Å². The minimum absolute atomic E-state index is 0.284. The first-order valence-corrected chi connectivity index (χ1v) is 10.6. The van der Waals surface area contributed by atoms with E-state index in [1.165, 1.54) is 10.6 Å². The molecule has 2 unspecified atom stereocenters. The first kappa shape index (κ1) is 18.8. The van der Waals surface area contributed by atoms with Crippen LogP contribution in [0, 0.1) is 11.8 Å². The predicted molar refractivity (Wildman–Crippen MR) is 112 cm³/mol. The van der Waals surface area contributed by atoms with E-state index < -0.39 is 5.60 Å². The van der Waals surface area contributed by atoms with Gasteiger partial charge in [-0.1, -0.05) is 35.5 Å². The van der Waals surface area contributed by atoms with Crippen LogP contribution in [0.4, 0.5) is 0 Å². The van der Waals surface area contributed by atoms with Crippen LogP contribution < -0.4 is 5.32 Å². The molecule has 0 saturated heterocycles. The Morgan fingerprint density at radius 3 is 2.81 bits per heavy atom. The predicted octanol–water partition coefficient (Wildman–Crippen LogP) is 5.07. The summed E-state index contributed by atoms with van der Waals surface area (Å²) in [6, 6.07) is 3.85. The number of thioether (sulfide) groups is 1. The van der Waals surface area contributed by atoms with Gasteiger partial charge in [0.1, 0.15) is 10.9 Å². The molecule has 3 heterocycles. The second-order valence-corrected chi connectivity index (χ2v) is 9.27. The molecule has 3 aliphatic rings. The van der Waals surface area contributed by atoms with Gasteiger partial charge in [0.05, 0.1) is 16.5 Å². The number of aliphatic imine (C=N–C) groups is 1. The molecule has 1 aromatic rings. The van der Waals surface area contributed by atoms with E-state index in [9.17, 15) is 5.11 Å². The fourth-order valence-electron chi connectivity index (χ4n) is 3.89. The normalized spacial score (nSPS) is 25.0. The maximum atomic E-state index is 10.3. The Labute approximate surface area is 169 Å². The van der Waals surface area contributed by atoms with Crippen molar-refractivity contribution in [3.8, 4) is 0 Å². The van der Waals surface area contributed by atoms with Crippen molar-refractivity contribution in [1.82, 2.24) is 10.3 Å². The summed E-state index contributed by atoms with van der Waals surface area (Å²) in [5, 5.41) is 15.5. The maximum Gasteiger partial charge on any atom is 0.114 e. The smallest absolute Gasteiger partial charge is 0.114 e. The van der Waals surface area contributed by atoms with Crippen molar-refractivity contribution in [3.05, 3.63) is 57.9 Å². The van der Waals surface area contributed by atoms with Gasteiger partial charge < -0.3 is 10.4 Å². The van der Waals surface area contributed by atoms with Gasteiger partial charge in [-0.2, -0.15) is 0 Å². The highest BCUT2D eigenvalue weighted by atomic mass is 35.5. The lowest BCUT2D eigenvalue weighted by Crippen LogP contribution is -2.28. The zero-order valence-electron chi connectivity index (χ0n) is 15.6. The van der Waals surface area contributed by atoms with E-state index in [-0.39, 0.29) is 5.92 Å². The fourth-order valence-corrected chi connectivity index (χ4v) is 5.14. The molecular weight excluding hydrogens is 378 g/mol. The van der Waals surface area contributed by atoms with E-state index in [1.54, 1.807) is 18.0 Å². The Kier molecular flexibility index (Phi) is 5.19.